The third-order valence-electron chi connectivity index (χ3n) is 3.40. The predicted molar refractivity (Wildman–Crippen MR) is 81.2 cm³/mol. The summed E-state index contributed by atoms with van der Waals surface area (Å²) in [4.78, 5) is 19.3. The van der Waals surface area contributed by atoms with Crippen molar-refractivity contribution in [1.29, 1.82) is 0 Å². The van der Waals surface area contributed by atoms with E-state index in [9.17, 15) is 4.79 Å². The molecule has 1 aromatic heterocycles. The van der Waals surface area contributed by atoms with Gasteiger partial charge in [-0.1, -0.05) is 29.3 Å². The first-order valence-electron chi connectivity index (χ1n) is 6.48. The highest BCUT2D eigenvalue weighted by atomic mass is 35.5. The summed E-state index contributed by atoms with van der Waals surface area (Å²) >= 11 is 12.1. The Labute approximate surface area is 126 Å². The van der Waals surface area contributed by atoms with E-state index in [1.165, 1.54) is 0 Å². The van der Waals surface area contributed by atoms with E-state index >= 15 is 0 Å². The maximum absolute atomic E-state index is 12.0. The number of aromatic nitrogens is 2. The van der Waals surface area contributed by atoms with Gasteiger partial charge in [0.2, 0.25) is 5.95 Å². The Hall–Kier alpha value is -1.52. The van der Waals surface area contributed by atoms with Gasteiger partial charge in [-0.05, 0) is 37.8 Å². The van der Waals surface area contributed by atoms with E-state index in [0.29, 0.717) is 21.7 Å². The van der Waals surface area contributed by atoms with Crippen molar-refractivity contribution in [1.82, 2.24) is 9.97 Å². The van der Waals surface area contributed by atoms with Crippen LogP contribution in [0.3, 0.4) is 0 Å². The first-order valence-corrected chi connectivity index (χ1v) is 7.24. The van der Waals surface area contributed by atoms with Gasteiger partial charge in [0.1, 0.15) is 0 Å². The number of aromatic amines is 1. The average Bonchev–Trinajstić information content (AvgIpc) is 2.44. The average molecular weight is 310 g/mol. The van der Waals surface area contributed by atoms with Crippen LogP contribution in [0.4, 0.5) is 11.6 Å². The number of nitrogens with zero attached hydrogens (tertiary/aromatic N) is 1. The van der Waals surface area contributed by atoms with Crippen LogP contribution < -0.4 is 10.9 Å². The van der Waals surface area contributed by atoms with Crippen LogP contribution in [0.15, 0.2) is 23.0 Å². The minimum absolute atomic E-state index is 0.0737. The molecule has 0 radical (unpaired) electrons. The van der Waals surface area contributed by atoms with Gasteiger partial charge in [0.15, 0.2) is 0 Å². The fourth-order valence-electron chi connectivity index (χ4n) is 2.39. The topological polar surface area (TPSA) is 57.8 Å². The summed E-state index contributed by atoms with van der Waals surface area (Å²) < 4.78 is 0. The lowest BCUT2D eigenvalue weighted by atomic mass is 9.97. The van der Waals surface area contributed by atoms with Gasteiger partial charge in [0, 0.05) is 5.56 Å². The normalized spacial score (nSPS) is 13.9. The van der Waals surface area contributed by atoms with E-state index in [1.807, 2.05) is 0 Å². The molecule has 0 amide bonds. The van der Waals surface area contributed by atoms with Crippen LogP contribution in [0, 0.1) is 0 Å². The smallest absolute Gasteiger partial charge is 0.255 e. The quantitative estimate of drug-likeness (QED) is 0.889. The molecule has 0 spiro atoms. The largest absolute Gasteiger partial charge is 0.324 e. The van der Waals surface area contributed by atoms with E-state index in [-0.39, 0.29) is 5.56 Å². The highest BCUT2D eigenvalue weighted by Crippen LogP contribution is 2.31. The first kappa shape index (κ1) is 13.5. The molecule has 0 saturated carbocycles. The summed E-state index contributed by atoms with van der Waals surface area (Å²) in [6.45, 7) is 0. The first-order chi connectivity index (χ1) is 9.65. The SMILES string of the molecule is O=c1[nH]c(Nc2cccc(Cl)c2Cl)nc2c1CCCC2. The second-order valence-corrected chi connectivity index (χ2v) is 5.56. The Morgan fingerprint density at radius 1 is 1.20 bits per heavy atom. The van der Waals surface area contributed by atoms with Gasteiger partial charge in [-0.3, -0.25) is 9.78 Å². The molecule has 0 aliphatic heterocycles. The second-order valence-electron chi connectivity index (χ2n) is 4.77. The highest BCUT2D eigenvalue weighted by molar-refractivity contribution is 6.43. The van der Waals surface area contributed by atoms with Crippen molar-refractivity contribution in [3.8, 4) is 0 Å². The molecular weight excluding hydrogens is 297 g/mol. The van der Waals surface area contributed by atoms with Crippen LogP contribution in [0.25, 0.3) is 0 Å². The Balaban J connectivity index is 1.97. The third kappa shape index (κ3) is 2.53. The number of hydrogen-bond donors (Lipinski definition) is 2. The third-order valence-corrected chi connectivity index (χ3v) is 4.22. The molecule has 0 bridgehead atoms. The van der Waals surface area contributed by atoms with Crippen molar-refractivity contribution in [3.63, 3.8) is 0 Å². The Kier molecular flexibility index (Phi) is 3.68. The summed E-state index contributed by atoms with van der Waals surface area (Å²) in [7, 11) is 0. The highest BCUT2D eigenvalue weighted by Gasteiger charge is 2.16. The van der Waals surface area contributed by atoms with E-state index in [4.69, 9.17) is 23.2 Å². The number of nitrogens with one attached hydrogen (secondary N) is 2. The molecule has 2 aromatic rings. The van der Waals surface area contributed by atoms with Crippen LogP contribution in [-0.2, 0) is 12.8 Å². The molecule has 2 N–H and O–H groups in total. The molecule has 6 heteroatoms. The zero-order valence-corrected chi connectivity index (χ0v) is 12.2. The zero-order chi connectivity index (χ0) is 14.1. The molecule has 4 nitrogen and oxygen atoms in total. The Bertz CT molecular complexity index is 712. The van der Waals surface area contributed by atoms with E-state index in [2.05, 4.69) is 15.3 Å². The standard InChI is InChI=1S/C14H13Cl2N3O/c15-9-5-3-7-11(12(9)16)18-14-17-10-6-2-1-4-8(10)13(20)19-14/h3,5,7H,1-2,4,6H2,(H2,17,18,19,20). The minimum Gasteiger partial charge on any atom is -0.324 e. The number of benzene rings is 1. The molecule has 0 unspecified atom stereocenters. The van der Waals surface area contributed by atoms with Crippen LogP contribution in [0.1, 0.15) is 24.1 Å². The molecule has 0 atom stereocenters. The lowest BCUT2D eigenvalue weighted by Crippen LogP contribution is -2.22. The van der Waals surface area contributed by atoms with Gasteiger partial charge in [-0.15, -0.1) is 0 Å². The fraction of sp³-hybridized carbons (Fsp3) is 0.286. The molecule has 1 aliphatic carbocycles. The zero-order valence-electron chi connectivity index (χ0n) is 10.7. The number of anilines is 2. The number of halogens is 2. The van der Waals surface area contributed by atoms with Crippen molar-refractivity contribution in [2.75, 3.05) is 5.32 Å². The summed E-state index contributed by atoms with van der Waals surface area (Å²) in [6.07, 6.45) is 3.76. The van der Waals surface area contributed by atoms with Crippen LogP contribution in [0.2, 0.25) is 10.0 Å². The molecule has 1 heterocycles. The molecule has 20 heavy (non-hydrogen) atoms. The Morgan fingerprint density at radius 3 is 2.85 bits per heavy atom. The van der Waals surface area contributed by atoms with Crippen LogP contribution in [-0.4, -0.2) is 9.97 Å². The number of rotatable bonds is 2. The number of aryl methyl sites for hydroxylation is 1. The van der Waals surface area contributed by atoms with Crippen LogP contribution >= 0.6 is 23.2 Å². The summed E-state index contributed by atoms with van der Waals surface area (Å²) in [5.41, 5.74) is 2.23. The van der Waals surface area contributed by atoms with Crippen molar-refractivity contribution in [2.45, 2.75) is 25.7 Å². The molecule has 3 rings (SSSR count). The van der Waals surface area contributed by atoms with E-state index < -0.39 is 0 Å². The molecular formula is C14H13Cl2N3O. The second kappa shape index (κ2) is 5.46. The van der Waals surface area contributed by atoms with Crippen molar-refractivity contribution in [2.24, 2.45) is 0 Å². The molecule has 104 valence electrons. The van der Waals surface area contributed by atoms with Gasteiger partial charge in [-0.2, -0.15) is 0 Å². The summed E-state index contributed by atoms with van der Waals surface area (Å²) in [5, 5.41) is 3.89. The summed E-state index contributed by atoms with van der Waals surface area (Å²) in [5.74, 6) is 0.403. The maximum Gasteiger partial charge on any atom is 0.255 e. The van der Waals surface area contributed by atoms with E-state index in [0.717, 1.165) is 36.9 Å². The minimum atomic E-state index is -0.0737. The van der Waals surface area contributed by atoms with Gasteiger partial charge in [-0.25, -0.2) is 4.98 Å². The van der Waals surface area contributed by atoms with Gasteiger partial charge >= 0.3 is 0 Å². The number of hydrogen-bond acceptors (Lipinski definition) is 3. The summed E-state index contributed by atoms with van der Waals surface area (Å²) in [6, 6.07) is 5.28. The number of fused-ring (bicyclic) bond motifs is 1. The lowest BCUT2D eigenvalue weighted by Gasteiger charge is -2.15. The Morgan fingerprint density at radius 2 is 2.00 bits per heavy atom. The van der Waals surface area contributed by atoms with E-state index in [1.54, 1.807) is 18.2 Å². The van der Waals surface area contributed by atoms with Crippen molar-refractivity contribution >= 4 is 34.8 Å². The molecule has 1 aromatic carbocycles. The van der Waals surface area contributed by atoms with Gasteiger partial charge in [0.05, 0.1) is 21.4 Å². The number of H-pyrrole nitrogens is 1. The fourth-order valence-corrected chi connectivity index (χ4v) is 2.74. The monoisotopic (exact) mass is 309 g/mol. The van der Waals surface area contributed by atoms with Crippen molar-refractivity contribution < 1.29 is 0 Å². The molecule has 0 fully saturated rings. The van der Waals surface area contributed by atoms with Crippen molar-refractivity contribution in [3.05, 3.63) is 49.9 Å². The van der Waals surface area contributed by atoms with Crippen LogP contribution in [0.5, 0.6) is 0 Å². The lowest BCUT2D eigenvalue weighted by molar-refractivity contribution is 0.658. The molecule has 0 saturated heterocycles. The van der Waals surface area contributed by atoms with Gasteiger partial charge < -0.3 is 5.32 Å². The predicted octanol–water partition coefficient (Wildman–Crippen LogP) is 3.70. The van der Waals surface area contributed by atoms with Gasteiger partial charge in [0.25, 0.3) is 5.56 Å². The molecule has 1 aliphatic rings. The maximum atomic E-state index is 12.0.